The number of hydrogen-bond donors (Lipinski definition) is 3. The molecule has 3 aliphatic rings. The molecule has 3 N–H and O–H groups in total. The number of ether oxygens (including phenoxy) is 1. The normalized spacial score (nSPS) is 18.7. The first kappa shape index (κ1) is 22.4. The zero-order valence-corrected chi connectivity index (χ0v) is 19.0. The number of hydrogen-bond acceptors (Lipinski definition) is 4. The highest BCUT2D eigenvalue weighted by Crippen LogP contribution is 2.44. The smallest absolute Gasteiger partial charge is 0.407 e. The first-order valence-corrected chi connectivity index (χ1v) is 12.2. The summed E-state index contributed by atoms with van der Waals surface area (Å²) in [6, 6.07) is 14.5. The van der Waals surface area contributed by atoms with Gasteiger partial charge in [0.05, 0.1) is 0 Å². The molecule has 3 aliphatic carbocycles. The first-order valence-electron chi connectivity index (χ1n) is 12.2. The summed E-state index contributed by atoms with van der Waals surface area (Å²) in [5, 5.41) is 14.9. The molecule has 5 rings (SSSR count). The zero-order valence-electron chi connectivity index (χ0n) is 19.0. The Morgan fingerprint density at radius 2 is 1.53 bits per heavy atom. The van der Waals surface area contributed by atoms with Crippen molar-refractivity contribution in [3.63, 3.8) is 0 Å². The van der Waals surface area contributed by atoms with Gasteiger partial charge in [-0.15, -0.1) is 0 Å². The third kappa shape index (κ3) is 4.65. The average molecular weight is 463 g/mol. The number of amides is 2. The van der Waals surface area contributed by atoms with E-state index in [9.17, 15) is 19.5 Å². The zero-order chi connectivity index (χ0) is 23.7. The standard InChI is InChI=1S/C27H30N2O5/c30-25(29-24(26(31)32)17-6-5-7-17)23(14-16-12-13-16)28-27(33)34-15-22-20-10-3-1-8-18(20)19-9-2-4-11-21(19)22/h1-4,8-11,16-17,22-24H,5-7,12-15H2,(H,28,33)(H,29,30)(H,31,32). The number of fused-ring (bicyclic) bond motifs is 3. The van der Waals surface area contributed by atoms with Gasteiger partial charge in [-0.05, 0) is 53.4 Å². The summed E-state index contributed by atoms with van der Waals surface area (Å²) >= 11 is 0. The number of rotatable bonds is 9. The molecular formula is C27H30N2O5. The van der Waals surface area contributed by atoms with E-state index in [4.69, 9.17) is 4.74 Å². The van der Waals surface area contributed by atoms with E-state index in [1.54, 1.807) is 0 Å². The van der Waals surface area contributed by atoms with Crippen LogP contribution in [0.1, 0.15) is 55.6 Å². The molecule has 0 saturated heterocycles. The summed E-state index contributed by atoms with van der Waals surface area (Å²) in [6.07, 6.45) is 4.44. The van der Waals surface area contributed by atoms with Crippen LogP contribution in [0.25, 0.3) is 11.1 Å². The quantitative estimate of drug-likeness (QED) is 0.521. The van der Waals surface area contributed by atoms with Crippen LogP contribution in [0.15, 0.2) is 48.5 Å². The average Bonchev–Trinajstić information content (AvgIpc) is 3.56. The molecule has 2 aromatic carbocycles. The van der Waals surface area contributed by atoms with Crippen molar-refractivity contribution < 1.29 is 24.2 Å². The van der Waals surface area contributed by atoms with Crippen molar-refractivity contribution in [1.29, 1.82) is 0 Å². The summed E-state index contributed by atoms with van der Waals surface area (Å²) in [5.41, 5.74) is 4.53. The van der Waals surface area contributed by atoms with Crippen molar-refractivity contribution in [1.82, 2.24) is 10.6 Å². The van der Waals surface area contributed by atoms with E-state index in [-0.39, 0.29) is 18.4 Å². The van der Waals surface area contributed by atoms with Crippen LogP contribution in [-0.2, 0) is 14.3 Å². The fraction of sp³-hybridized carbons (Fsp3) is 0.444. The van der Waals surface area contributed by atoms with E-state index < -0.39 is 30.1 Å². The molecule has 0 heterocycles. The Kier molecular flexibility index (Phi) is 6.26. The van der Waals surface area contributed by atoms with Crippen LogP contribution >= 0.6 is 0 Å². The molecule has 0 spiro atoms. The molecule has 2 fully saturated rings. The molecule has 34 heavy (non-hydrogen) atoms. The Hall–Kier alpha value is -3.35. The molecule has 0 radical (unpaired) electrons. The summed E-state index contributed by atoms with van der Waals surface area (Å²) in [7, 11) is 0. The van der Waals surface area contributed by atoms with Crippen LogP contribution < -0.4 is 10.6 Å². The third-order valence-corrected chi connectivity index (χ3v) is 7.40. The van der Waals surface area contributed by atoms with E-state index in [1.807, 2.05) is 24.3 Å². The van der Waals surface area contributed by atoms with Gasteiger partial charge in [0.25, 0.3) is 0 Å². The summed E-state index contributed by atoms with van der Waals surface area (Å²) in [6.45, 7) is 0.164. The van der Waals surface area contributed by atoms with Crippen LogP contribution in [0.2, 0.25) is 0 Å². The number of alkyl carbamates (subject to hydrolysis) is 1. The van der Waals surface area contributed by atoms with Gasteiger partial charge in [0.1, 0.15) is 18.7 Å². The van der Waals surface area contributed by atoms with Crippen LogP contribution in [0, 0.1) is 11.8 Å². The van der Waals surface area contributed by atoms with Gasteiger partial charge in [0, 0.05) is 5.92 Å². The number of nitrogens with one attached hydrogen (secondary N) is 2. The third-order valence-electron chi connectivity index (χ3n) is 7.40. The van der Waals surface area contributed by atoms with Gasteiger partial charge < -0.3 is 20.5 Å². The second-order valence-electron chi connectivity index (χ2n) is 9.72. The largest absolute Gasteiger partial charge is 0.480 e. The maximum atomic E-state index is 12.9. The number of carbonyl (C=O) groups is 3. The highest BCUT2D eigenvalue weighted by molar-refractivity contribution is 5.89. The monoisotopic (exact) mass is 462 g/mol. The SMILES string of the molecule is O=C(NC(CC1CC1)C(=O)NC(C(=O)O)C1CCC1)OCC1c2ccccc2-c2ccccc21. The Morgan fingerprint density at radius 3 is 2.06 bits per heavy atom. The lowest BCUT2D eigenvalue weighted by Crippen LogP contribution is -2.55. The highest BCUT2D eigenvalue weighted by atomic mass is 16.5. The van der Waals surface area contributed by atoms with Gasteiger partial charge in [-0.2, -0.15) is 0 Å². The summed E-state index contributed by atoms with van der Waals surface area (Å²) in [4.78, 5) is 37.3. The Labute approximate surface area is 198 Å². The minimum Gasteiger partial charge on any atom is -0.480 e. The van der Waals surface area contributed by atoms with Gasteiger partial charge in [0.2, 0.25) is 5.91 Å². The van der Waals surface area contributed by atoms with Crippen molar-refractivity contribution in [2.45, 2.75) is 56.5 Å². The molecule has 0 bridgehead atoms. The van der Waals surface area contributed by atoms with E-state index in [0.29, 0.717) is 12.3 Å². The molecule has 7 heteroatoms. The molecule has 2 aromatic rings. The number of benzene rings is 2. The molecule has 7 nitrogen and oxygen atoms in total. The van der Waals surface area contributed by atoms with Crippen molar-refractivity contribution >= 4 is 18.0 Å². The highest BCUT2D eigenvalue weighted by Gasteiger charge is 2.37. The predicted molar refractivity (Wildman–Crippen MR) is 126 cm³/mol. The summed E-state index contributed by atoms with van der Waals surface area (Å²) in [5.74, 6) is -1.21. The van der Waals surface area contributed by atoms with Crippen LogP contribution in [0.4, 0.5) is 4.79 Å². The number of carbonyl (C=O) groups excluding carboxylic acids is 2. The molecule has 2 atom stereocenters. The van der Waals surface area contributed by atoms with Crippen molar-refractivity contribution in [3.8, 4) is 11.1 Å². The molecule has 178 valence electrons. The Bertz CT molecular complexity index is 1050. The topological polar surface area (TPSA) is 105 Å². The maximum Gasteiger partial charge on any atom is 0.407 e. The second-order valence-corrected chi connectivity index (χ2v) is 9.72. The van der Waals surface area contributed by atoms with Gasteiger partial charge in [-0.1, -0.05) is 67.8 Å². The van der Waals surface area contributed by atoms with Crippen molar-refractivity contribution in [3.05, 3.63) is 59.7 Å². The lowest BCUT2D eigenvalue weighted by Gasteiger charge is -2.32. The van der Waals surface area contributed by atoms with E-state index in [1.165, 1.54) is 0 Å². The fourth-order valence-electron chi connectivity index (χ4n) is 5.11. The van der Waals surface area contributed by atoms with Crippen LogP contribution in [-0.4, -0.2) is 41.8 Å². The Morgan fingerprint density at radius 1 is 0.912 bits per heavy atom. The van der Waals surface area contributed by atoms with Gasteiger partial charge in [-0.25, -0.2) is 9.59 Å². The number of aliphatic carboxylic acids is 1. The molecule has 2 amide bonds. The molecule has 0 aliphatic heterocycles. The molecular weight excluding hydrogens is 432 g/mol. The maximum absolute atomic E-state index is 12.9. The summed E-state index contributed by atoms with van der Waals surface area (Å²) < 4.78 is 5.61. The van der Waals surface area contributed by atoms with Crippen LogP contribution in [0.3, 0.4) is 0 Å². The van der Waals surface area contributed by atoms with Crippen molar-refractivity contribution in [2.24, 2.45) is 11.8 Å². The minimum atomic E-state index is -1.02. The lowest BCUT2D eigenvalue weighted by molar-refractivity contribution is -0.144. The Balaban J connectivity index is 1.23. The number of carboxylic acids is 1. The van der Waals surface area contributed by atoms with Gasteiger partial charge in [-0.3, -0.25) is 4.79 Å². The number of carboxylic acid groups (broad SMARTS) is 1. The minimum absolute atomic E-state index is 0.0440. The second kappa shape index (κ2) is 9.49. The van der Waals surface area contributed by atoms with Crippen molar-refractivity contribution in [2.75, 3.05) is 6.61 Å². The lowest BCUT2D eigenvalue weighted by atomic mass is 9.79. The first-order chi connectivity index (χ1) is 16.5. The van der Waals surface area contributed by atoms with Gasteiger partial charge >= 0.3 is 12.1 Å². The van der Waals surface area contributed by atoms with E-state index in [2.05, 4.69) is 34.9 Å². The van der Waals surface area contributed by atoms with Crippen LogP contribution in [0.5, 0.6) is 0 Å². The van der Waals surface area contributed by atoms with E-state index >= 15 is 0 Å². The predicted octanol–water partition coefficient (Wildman–Crippen LogP) is 4.06. The molecule has 0 aromatic heterocycles. The van der Waals surface area contributed by atoms with E-state index in [0.717, 1.165) is 54.4 Å². The van der Waals surface area contributed by atoms with Gasteiger partial charge in [0.15, 0.2) is 0 Å². The molecule has 2 saturated carbocycles. The molecule has 2 unspecified atom stereocenters. The fourth-order valence-corrected chi connectivity index (χ4v) is 5.11.